The highest BCUT2D eigenvalue weighted by molar-refractivity contribution is 6.33. The Morgan fingerprint density at radius 3 is 2.38 bits per heavy atom. The molecule has 0 aliphatic rings. The van der Waals surface area contributed by atoms with Crippen LogP contribution in [0, 0.1) is 0 Å². The molecular weight excluding hydrogens is 303 g/mol. The summed E-state index contributed by atoms with van der Waals surface area (Å²) in [5.74, 6) is 0.441. The number of nitrogens with zero attached hydrogens (tertiary/aromatic N) is 2. The fourth-order valence-corrected chi connectivity index (χ4v) is 2.41. The van der Waals surface area contributed by atoms with Crippen LogP contribution in [0.15, 0.2) is 42.6 Å². The maximum absolute atomic E-state index is 12.6. The topological polar surface area (TPSA) is 43.3 Å². The van der Waals surface area contributed by atoms with Crippen molar-refractivity contribution in [3.8, 4) is 11.4 Å². The summed E-state index contributed by atoms with van der Waals surface area (Å²) in [5.41, 5.74) is 6.64. The third-order valence-corrected chi connectivity index (χ3v) is 3.39. The highest BCUT2D eigenvalue weighted by Crippen LogP contribution is 2.32. The second-order valence-corrected chi connectivity index (χ2v) is 4.84. The molecule has 0 atom stereocenters. The molecule has 0 radical (unpaired) electrons. The van der Waals surface area contributed by atoms with Gasteiger partial charge in [-0.15, -0.1) is 0 Å². The van der Waals surface area contributed by atoms with E-state index in [-0.39, 0.29) is 5.15 Å². The molecule has 3 aromatic rings. The van der Waals surface area contributed by atoms with Crippen LogP contribution in [0.2, 0.25) is 5.15 Å². The minimum absolute atomic E-state index is 0.211. The van der Waals surface area contributed by atoms with Crippen molar-refractivity contribution in [2.75, 3.05) is 5.73 Å². The van der Waals surface area contributed by atoms with Gasteiger partial charge < -0.3 is 5.73 Å². The maximum atomic E-state index is 12.6. The van der Waals surface area contributed by atoms with Crippen LogP contribution in [-0.4, -0.2) is 9.38 Å². The largest absolute Gasteiger partial charge is 0.416 e. The van der Waals surface area contributed by atoms with Gasteiger partial charge in [-0.2, -0.15) is 13.2 Å². The molecule has 0 amide bonds. The van der Waals surface area contributed by atoms with Crippen LogP contribution < -0.4 is 5.73 Å². The number of imidazole rings is 1. The van der Waals surface area contributed by atoms with Crippen molar-refractivity contribution in [3.05, 3.63) is 53.3 Å². The van der Waals surface area contributed by atoms with E-state index < -0.39 is 11.7 Å². The Morgan fingerprint density at radius 2 is 1.76 bits per heavy atom. The van der Waals surface area contributed by atoms with E-state index in [2.05, 4.69) is 4.98 Å². The number of alkyl halides is 3. The molecule has 0 aliphatic carbocycles. The highest BCUT2D eigenvalue weighted by atomic mass is 35.5. The molecule has 0 unspecified atom stereocenters. The zero-order chi connectivity index (χ0) is 15.2. The van der Waals surface area contributed by atoms with Crippen molar-refractivity contribution in [2.45, 2.75) is 6.18 Å². The first-order chi connectivity index (χ1) is 9.88. The van der Waals surface area contributed by atoms with Crippen LogP contribution in [0.5, 0.6) is 0 Å². The number of aromatic nitrogens is 2. The lowest BCUT2D eigenvalue weighted by molar-refractivity contribution is -0.137. The van der Waals surface area contributed by atoms with Crippen molar-refractivity contribution in [2.24, 2.45) is 0 Å². The summed E-state index contributed by atoms with van der Waals surface area (Å²) in [5, 5.41) is 0.211. The van der Waals surface area contributed by atoms with Crippen molar-refractivity contribution in [3.63, 3.8) is 0 Å². The first-order valence-corrected chi connectivity index (χ1v) is 6.35. The summed E-state index contributed by atoms with van der Waals surface area (Å²) in [6.07, 6.45) is -2.66. The Balaban J connectivity index is 2.15. The summed E-state index contributed by atoms with van der Waals surface area (Å²) in [7, 11) is 0. The second-order valence-electron chi connectivity index (χ2n) is 4.48. The average Bonchev–Trinajstić information content (AvgIpc) is 2.77. The molecule has 7 heteroatoms. The van der Waals surface area contributed by atoms with E-state index in [1.54, 1.807) is 22.7 Å². The van der Waals surface area contributed by atoms with Gasteiger partial charge >= 0.3 is 6.18 Å². The molecule has 2 N–H and O–H groups in total. The summed E-state index contributed by atoms with van der Waals surface area (Å²) < 4.78 is 39.4. The fraction of sp³-hybridized carbons (Fsp3) is 0.0714. The first-order valence-electron chi connectivity index (χ1n) is 5.97. The van der Waals surface area contributed by atoms with Gasteiger partial charge in [0.15, 0.2) is 5.15 Å². The SMILES string of the molecule is Nc1cccn2c(-c3ccc(C(F)(F)F)cc3)nc(Cl)c12. The van der Waals surface area contributed by atoms with Gasteiger partial charge in [-0.05, 0) is 24.3 Å². The molecular formula is C14H9ClF3N3. The molecule has 0 aliphatic heterocycles. The van der Waals surface area contributed by atoms with Crippen LogP contribution in [0.25, 0.3) is 16.9 Å². The predicted molar refractivity (Wildman–Crippen MR) is 75.1 cm³/mol. The fourth-order valence-electron chi connectivity index (χ4n) is 2.13. The molecule has 1 aromatic carbocycles. The number of benzene rings is 1. The van der Waals surface area contributed by atoms with Crippen molar-refractivity contribution in [1.82, 2.24) is 9.38 Å². The second kappa shape index (κ2) is 4.66. The zero-order valence-corrected chi connectivity index (χ0v) is 11.3. The van der Waals surface area contributed by atoms with Gasteiger partial charge in [-0.1, -0.05) is 23.7 Å². The Hall–Kier alpha value is -2.21. The minimum atomic E-state index is -4.37. The van der Waals surface area contributed by atoms with Crippen molar-refractivity contribution >= 4 is 22.8 Å². The Bertz CT molecular complexity index is 807. The van der Waals surface area contributed by atoms with Crippen LogP contribution in [0.4, 0.5) is 18.9 Å². The predicted octanol–water partition coefficient (Wildman–Crippen LogP) is 4.26. The standard InChI is InChI=1S/C14H9ClF3N3/c15-12-11-10(19)2-1-7-21(11)13(20-12)8-3-5-9(6-4-8)14(16,17)18/h1-7H,19H2. The first kappa shape index (κ1) is 13.8. The van der Waals surface area contributed by atoms with Gasteiger partial charge in [0.1, 0.15) is 11.3 Å². The van der Waals surface area contributed by atoms with E-state index in [4.69, 9.17) is 17.3 Å². The summed E-state index contributed by atoms with van der Waals surface area (Å²) in [6.45, 7) is 0. The molecule has 2 aromatic heterocycles. The number of halogens is 4. The molecule has 108 valence electrons. The number of rotatable bonds is 1. The van der Waals surface area contributed by atoms with E-state index in [1.165, 1.54) is 12.1 Å². The summed E-state index contributed by atoms with van der Waals surface area (Å²) >= 11 is 6.04. The van der Waals surface area contributed by atoms with Gasteiger partial charge in [0, 0.05) is 11.8 Å². The third kappa shape index (κ3) is 2.31. The van der Waals surface area contributed by atoms with Crippen LogP contribution >= 0.6 is 11.6 Å². The number of nitrogens with two attached hydrogens (primary N) is 1. The van der Waals surface area contributed by atoms with E-state index in [9.17, 15) is 13.2 Å². The Kier molecular flexibility index (Phi) is 3.06. The lowest BCUT2D eigenvalue weighted by atomic mass is 10.1. The Labute approximate surface area is 122 Å². The van der Waals surface area contributed by atoms with E-state index in [1.807, 2.05) is 0 Å². The van der Waals surface area contributed by atoms with E-state index in [0.29, 0.717) is 22.6 Å². The number of pyridine rings is 1. The zero-order valence-electron chi connectivity index (χ0n) is 10.5. The number of fused-ring (bicyclic) bond motifs is 1. The molecule has 3 nitrogen and oxygen atoms in total. The third-order valence-electron chi connectivity index (χ3n) is 3.12. The van der Waals surface area contributed by atoms with Gasteiger partial charge in [-0.3, -0.25) is 4.40 Å². The summed E-state index contributed by atoms with van der Waals surface area (Å²) in [4.78, 5) is 4.18. The molecule has 2 heterocycles. The van der Waals surface area contributed by atoms with Crippen molar-refractivity contribution in [1.29, 1.82) is 0 Å². The van der Waals surface area contributed by atoms with Gasteiger partial charge in [0.2, 0.25) is 0 Å². The summed E-state index contributed by atoms with van der Waals surface area (Å²) in [6, 6.07) is 8.13. The molecule has 0 fully saturated rings. The normalized spacial score (nSPS) is 12.0. The van der Waals surface area contributed by atoms with Crippen molar-refractivity contribution < 1.29 is 13.2 Å². The monoisotopic (exact) mass is 311 g/mol. The molecule has 21 heavy (non-hydrogen) atoms. The number of anilines is 1. The van der Waals surface area contributed by atoms with E-state index >= 15 is 0 Å². The smallest absolute Gasteiger partial charge is 0.397 e. The average molecular weight is 312 g/mol. The molecule has 0 spiro atoms. The number of hydrogen-bond donors (Lipinski definition) is 1. The Morgan fingerprint density at radius 1 is 1.10 bits per heavy atom. The van der Waals surface area contributed by atoms with Gasteiger partial charge in [0.05, 0.1) is 11.3 Å². The van der Waals surface area contributed by atoms with E-state index in [0.717, 1.165) is 12.1 Å². The quantitative estimate of drug-likeness (QED) is 0.730. The molecule has 3 rings (SSSR count). The molecule has 0 bridgehead atoms. The lowest BCUT2D eigenvalue weighted by Crippen LogP contribution is -2.04. The van der Waals surface area contributed by atoms with Crippen LogP contribution in [-0.2, 0) is 6.18 Å². The van der Waals surface area contributed by atoms with Gasteiger partial charge in [0.25, 0.3) is 0 Å². The minimum Gasteiger partial charge on any atom is -0.397 e. The lowest BCUT2D eigenvalue weighted by Gasteiger charge is -2.07. The maximum Gasteiger partial charge on any atom is 0.416 e. The molecule has 0 saturated carbocycles. The number of hydrogen-bond acceptors (Lipinski definition) is 2. The van der Waals surface area contributed by atoms with Crippen LogP contribution in [0.3, 0.4) is 0 Å². The number of nitrogen functional groups attached to an aromatic ring is 1. The van der Waals surface area contributed by atoms with Gasteiger partial charge in [-0.25, -0.2) is 4.98 Å². The highest BCUT2D eigenvalue weighted by Gasteiger charge is 2.30. The van der Waals surface area contributed by atoms with Crippen LogP contribution in [0.1, 0.15) is 5.56 Å². The molecule has 0 saturated heterocycles.